The third-order valence-electron chi connectivity index (χ3n) is 4.66. The highest BCUT2D eigenvalue weighted by molar-refractivity contribution is 5.29. The number of rotatable bonds is 5. The molecule has 0 spiro atoms. The summed E-state index contributed by atoms with van der Waals surface area (Å²) >= 11 is 0. The van der Waals surface area contributed by atoms with E-state index in [4.69, 9.17) is 4.74 Å². The molecule has 1 aromatic carbocycles. The van der Waals surface area contributed by atoms with Crippen LogP contribution in [-0.2, 0) is 4.74 Å². The van der Waals surface area contributed by atoms with Crippen LogP contribution in [-0.4, -0.2) is 17.8 Å². The fourth-order valence-corrected chi connectivity index (χ4v) is 3.14. The Kier molecular flexibility index (Phi) is 4.19. The minimum absolute atomic E-state index is 0.329. The minimum Gasteiger partial charge on any atom is -0.388 e. The van der Waals surface area contributed by atoms with Crippen molar-refractivity contribution in [2.75, 3.05) is 6.61 Å². The highest BCUT2D eigenvalue weighted by Gasteiger charge is 2.21. The summed E-state index contributed by atoms with van der Waals surface area (Å²) in [6.07, 6.45) is 8.18. The van der Waals surface area contributed by atoms with Gasteiger partial charge >= 0.3 is 0 Å². The first-order chi connectivity index (χ1) is 9.33. The molecular weight excluding hydrogens is 236 g/mol. The van der Waals surface area contributed by atoms with E-state index in [1.165, 1.54) is 31.2 Å². The molecule has 3 rings (SSSR count). The lowest BCUT2D eigenvalue weighted by atomic mass is 9.79. The van der Waals surface area contributed by atoms with Gasteiger partial charge in [0.25, 0.3) is 0 Å². The van der Waals surface area contributed by atoms with Crippen molar-refractivity contribution in [3.8, 4) is 0 Å². The topological polar surface area (TPSA) is 29.5 Å². The van der Waals surface area contributed by atoms with Gasteiger partial charge in [-0.1, -0.05) is 30.7 Å². The molecule has 0 radical (unpaired) electrons. The molecule has 2 heteroatoms. The smallest absolute Gasteiger partial charge is 0.0791 e. The van der Waals surface area contributed by atoms with Crippen molar-refractivity contribution >= 4 is 0 Å². The van der Waals surface area contributed by atoms with E-state index >= 15 is 0 Å². The molecule has 2 unspecified atom stereocenters. The molecular formula is C17H24O2. The molecule has 1 aliphatic carbocycles. The molecule has 19 heavy (non-hydrogen) atoms. The average molecular weight is 260 g/mol. The fraction of sp³-hybridized carbons (Fsp3) is 0.647. The van der Waals surface area contributed by atoms with Crippen LogP contribution in [0.1, 0.15) is 68.1 Å². The second-order valence-corrected chi connectivity index (χ2v) is 6.03. The predicted molar refractivity (Wildman–Crippen MR) is 76.2 cm³/mol. The molecule has 2 atom stereocenters. The Morgan fingerprint density at radius 2 is 2.11 bits per heavy atom. The zero-order valence-corrected chi connectivity index (χ0v) is 11.6. The van der Waals surface area contributed by atoms with E-state index in [0.29, 0.717) is 6.10 Å². The molecule has 1 heterocycles. The Bertz CT molecular complexity index is 405. The summed E-state index contributed by atoms with van der Waals surface area (Å²) in [5.74, 6) is 0.741. The van der Waals surface area contributed by atoms with Crippen LogP contribution >= 0.6 is 0 Å². The molecule has 1 aliphatic heterocycles. The predicted octanol–water partition coefficient (Wildman–Crippen LogP) is 3.95. The van der Waals surface area contributed by atoms with Crippen molar-refractivity contribution in [2.24, 2.45) is 0 Å². The van der Waals surface area contributed by atoms with Crippen LogP contribution in [0.25, 0.3) is 0 Å². The van der Waals surface area contributed by atoms with E-state index in [-0.39, 0.29) is 6.10 Å². The van der Waals surface area contributed by atoms with Crippen LogP contribution in [0.3, 0.4) is 0 Å². The maximum atomic E-state index is 10.3. The largest absolute Gasteiger partial charge is 0.388 e. The Morgan fingerprint density at radius 3 is 2.79 bits per heavy atom. The Morgan fingerprint density at radius 1 is 1.21 bits per heavy atom. The van der Waals surface area contributed by atoms with Gasteiger partial charge in [-0.15, -0.1) is 0 Å². The van der Waals surface area contributed by atoms with Gasteiger partial charge in [0.1, 0.15) is 0 Å². The van der Waals surface area contributed by atoms with Gasteiger partial charge in [-0.05, 0) is 55.6 Å². The normalized spacial score (nSPS) is 25.2. The summed E-state index contributed by atoms with van der Waals surface area (Å²) in [6, 6.07) is 8.57. The summed E-state index contributed by atoms with van der Waals surface area (Å²) in [5, 5.41) is 10.3. The molecule has 0 aromatic heterocycles. The number of hydrogen-bond acceptors (Lipinski definition) is 2. The molecule has 2 aliphatic rings. The van der Waals surface area contributed by atoms with Gasteiger partial charge in [-0.2, -0.15) is 0 Å². The molecule has 1 saturated heterocycles. The van der Waals surface area contributed by atoms with Gasteiger partial charge in [0.2, 0.25) is 0 Å². The van der Waals surface area contributed by atoms with Crippen LogP contribution in [0, 0.1) is 0 Å². The molecule has 1 N–H and O–H groups in total. The van der Waals surface area contributed by atoms with Crippen LogP contribution in [0.2, 0.25) is 0 Å². The first-order valence-corrected chi connectivity index (χ1v) is 7.72. The second kappa shape index (κ2) is 6.06. The van der Waals surface area contributed by atoms with E-state index in [1.54, 1.807) is 0 Å². The summed E-state index contributed by atoms with van der Waals surface area (Å²) < 4.78 is 5.62. The monoisotopic (exact) mass is 260 g/mol. The van der Waals surface area contributed by atoms with E-state index in [2.05, 4.69) is 24.3 Å². The molecule has 104 valence electrons. The van der Waals surface area contributed by atoms with E-state index in [0.717, 1.165) is 37.4 Å². The van der Waals surface area contributed by atoms with Gasteiger partial charge < -0.3 is 9.84 Å². The first-order valence-electron chi connectivity index (χ1n) is 7.72. The highest BCUT2D eigenvalue weighted by atomic mass is 16.5. The maximum absolute atomic E-state index is 10.3. The Hall–Kier alpha value is -0.860. The highest BCUT2D eigenvalue weighted by Crippen LogP contribution is 2.37. The van der Waals surface area contributed by atoms with Gasteiger partial charge in [0.15, 0.2) is 0 Å². The standard InChI is InChI=1S/C17H24O2/c18-17(10-9-16-8-3-11-19-16)15-7-2-6-14(12-15)13-4-1-5-13/h2,6-7,12-13,16-18H,1,3-5,8-11H2. The zero-order valence-electron chi connectivity index (χ0n) is 11.6. The second-order valence-electron chi connectivity index (χ2n) is 6.03. The van der Waals surface area contributed by atoms with Gasteiger partial charge in [-0.3, -0.25) is 0 Å². The average Bonchev–Trinajstić information content (AvgIpc) is 2.87. The lowest BCUT2D eigenvalue weighted by Gasteiger charge is -2.26. The molecule has 0 bridgehead atoms. The third-order valence-corrected chi connectivity index (χ3v) is 4.66. The quantitative estimate of drug-likeness (QED) is 0.868. The lowest BCUT2D eigenvalue weighted by molar-refractivity contribution is 0.0812. The van der Waals surface area contributed by atoms with Crippen LogP contribution in [0.4, 0.5) is 0 Å². The summed E-state index contributed by atoms with van der Waals surface area (Å²) in [6.45, 7) is 0.901. The van der Waals surface area contributed by atoms with Crippen molar-refractivity contribution in [2.45, 2.75) is 63.1 Å². The molecule has 0 amide bonds. The van der Waals surface area contributed by atoms with Crippen LogP contribution < -0.4 is 0 Å². The summed E-state index contributed by atoms with van der Waals surface area (Å²) in [5.41, 5.74) is 2.50. The Balaban J connectivity index is 1.57. The fourth-order valence-electron chi connectivity index (χ4n) is 3.14. The van der Waals surface area contributed by atoms with Crippen molar-refractivity contribution in [3.63, 3.8) is 0 Å². The molecule has 1 aromatic rings. The number of aliphatic hydroxyl groups excluding tert-OH is 1. The number of aliphatic hydroxyl groups is 1. The third kappa shape index (κ3) is 3.18. The molecule has 2 nitrogen and oxygen atoms in total. The zero-order chi connectivity index (χ0) is 13.1. The van der Waals surface area contributed by atoms with E-state index < -0.39 is 0 Å². The summed E-state index contributed by atoms with van der Waals surface area (Å²) in [7, 11) is 0. The number of ether oxygens (including phenoxy) is 1. The van der Waals surface area contributed by atoms with Crippen LogP contribution in [0.5, 0.6) is 0 Å². The van der Waals surface area contributed by atoms with E-state index in [9.17, 15) is 5.11 Å². The molecule has 2 fully saturated rings. The Labute approximate surface area is 115 Å². The van der Waals surface area contributed by atoms with Crippen molar-refractivity contribution < 1.29 is 9.84 Å². The van der Waals surface area contributed by atoms with Crippen molar-refractivity contribution in [1.82, 2.24) is 0 Å². The molecule has 1 saturated carbocycles. The van der Waals surface area contributed by atoms with Gasteiger partial charge in [0, 0.05) is 6.61 Å². The number of hydrogen-bond donors (Lipinski definition) is 1. The minimum atomic E-state index is -0.329. The van der Waals surface area contributed by atoms with Gasteiger partial charge in [-0.25, -0.2) is 0 Å². The first kappa shape index (κ1) is 13.1. The van der Waals surface area contributed by atoms with Crippen molar-refractivity contribution in [3.05, 3.63) is 35.4 Å². The summed E-state index contributed by atoms with van der Waals surface area (Å²) in [4.78, 5) is 0. The van der Waals surface area contributed by atoms with E-state index in [1.807, 2.05) is 0 Å². The number of benzene rings is 1. The lowest BCUT2D eigenvalue weighted by Crippen LogP contribution is -2.10. The SMILES string of the molecule is OC(CCC1CCCO1)c1cccc(C2CCC2)c1. The maximum Gasteiger partial charge on any atom is 0.0791 e. The van der Waals surface area contributed by atoms with Crippen molar-refractivity contribution in [1.29, 1.82) is 0 Å². The van der Waals surface area contributed by atoms with Crippen LogP contribution in [0.15, 0.2) is 24.3 Å². The van der Waals surface area contributed by atoms with Gasteiger partial charge in [0.05, 0.1) is 12.2 Å².